The lowest BCUT2D eigenvalue weighted by Gasteiger charge is -2.23. The maximum absolute atomic E-state index is 13.1. The monoisotopic (exact) mass is 405 g/mol. The predicted octanol–water partition coefficient (Wildman–Crippen LogP) is 3.47. The minimum Gasteiger partial charge on any atom is -0.423 e. The van der Waals surface area contributed by atoms with Crippen LogP contribution in [0.5, 0.6) is 5.75 Å². The highest BCUT2D eigenvalue weighted by Gasteiger charge is 2.29. The first-order chi connectivity index (χ1) is 13.4. The minimum atomic E-state index is -3.49. The smallest absolute Gasteiger partial charge is 0.404 e. The van der Waals surface area contributed by atoms with Gasteiger partial charge in [0.2, 0.25) is 0 Å². The molecule has 9 nitrogen and oxygen atoms in total. The van der Waals surface area contributed by atoms with Crippen molar-refractivity contribution >= 4 is 24.6 Å². The summed E-state index contributed by atoms with van der Waals surface area (Å²) in [5, 5.41) is 0. The largest absolute Gasteiger partial charge is 0.423 e. The van der Waals surface area contributed by atoms with E-state index in [0.29, 0.717) is 29.3 Å². The predicted molar refractivity (Wildman–Crippen MR) is 106 cm³/mol. The molecule has 0 saturated heterocycles. The maximum atomic E-state index is 13.1. The first kappa shape index (κ1) is 20.3. The second-order valence-electron chi connectivity index (χ2n) is 6.60. The van der Waals surface area contributed by atoms with E-state index in [0.717, 1.165) is 0 Å². The van der Waals surface area contributed by atoms with Gasteiger partial charge in [0, 0.05) is 0 Å². The second-order valence-corrected chi connectivity index (χ2v) is 8.48. The summed E-state index contributed by atoms with van der Waals surface area (Å²) in [5.41, 5.74) is 6.96. The molecule has 0 aliphatic rings. The molecule has 0 bridgehead atoms. The summed E-state index contributed by atoms with van der Waals surface area (Å²) < 4.78 is 31.9. The van der Waals surface area contributed by atoms with E-state index in [1.54, 1.807) is 44.4 Å². The number of nitrogens with zero attached hydrogens (tertiary/aromatic N) is 4. The number of benzene rings is 1. The topological polar surface area (TPSA) is 114 Å². The fourth-order valence-corrected chi connectivity index (χ4v) is 4.30. The van der Waals surface area contributed by atoms with Crippen LogP contribution in [-0.2, 0) is 20.4 Å². The average Bonchev–Trinajstić information content (AvgIpc) is 3.04. The molecular formula is C18H24N5O4P. The van der Waals surface area contributed by atoms with Gasteiger partial charge >= 0.3 is 7.60 Å². The van der Waals surface area contributed by atoms with E-state index in [9.17, 15) is 4.57 Å². The van der Waals surface area contributed by atoms with Gasteiger partial charge in [-0.1, -0.05) is 18.2 Å². The summed E-state index contributed by atoms with van der Waals surface area (Å²) in [6, 6.07) is 8.90. The molecule has 3 rings (SSSR count). The Bertz CT molecular complexity index is 963. The molecule has 2 atom stereocenters. The van der Waals surface area contributed by atoms with Crippen molar-refractivity contribution in [2.75, 3.05) is 12.1 Å². The number of ether oxygens (including phenoxy) is 1. The number of fused-ring (bicyclic) bond motifs is 1. The van der Waals surface area contributed by atoms with Gasteiger partial charge in [0.1, 0.15) is 17.6 Å². The first-order valence-corrected chi connectivity index (χ1v) is 10.6. The average molecular weight is 405 g/mol. The normalized spacial score (nSPS) is 14.9. The Morgan fingerprint density at radius 1 is 1.14 bits per heavy atom. The van der Waals surface area contributed by atoms with Crippen LogP contribution in [0.3, 0.4) is 0 Å². The van der Waals surface area contributed by atoms with Gasteiger partial charge in [-0.2, -0.15) is 0 Å². The third-order valence-corrected chi connectivity index (χ3v) is 5.46. The molecule has 0 spiro atoms. The molecule has 0 aliphatic carbocycles. The summed E-state index contributed by atoms with van der Waals surface area (Å²) >= 11 is 0. The first-order valence-electron chi connectivity index (χ1n) is 8.91. The summed E-state index contributed by atoms with van der Waals surface area (Å²) in [7, 11) is -3.49. The summed E-state index contributed by atoms with van der Waals surface area (Å²) in [4.78, 5) is 12.4. The Morgan fingerprint density at radius 3 is 2.61 bits per heavy atom. The Hall–Kier alpha value is -2.48. The standard InChI is InChI=1S/C18H24N5O4P/c1-13(2)26-28(24,27-15-7-5-4-6-8-15)12-25-14(3)9-23-11-22-16-17(19)20-10-21-18(16)23/h4-8,10-11,13-14H,9,12H2,1-3H3,(H2,19,20,21)/t14-,28+/m1/s1. The highest BCUT2D eigenvalue weighted by molar-refractivity contribution is 7.54. The number of imidazole rings is 1. The lowest BCUT2D eigenvalue weighted by Crippen LogP contribution is -2.19. The zero-order valence-electron chi connectivity index (χ0n) is 16.1. The summed E-state index contributed by atoms with van der Waals surface area (Å²) in [6.07, 6.45) is 2.27. The van der Waals surface area contributed by atoms with Crippen LogP contribution in [0.1, 0.15) is 20.8 Å². The molecule has 10 heteroatoms. The zero-order valence-corrected chi connectivity index (χ0v) is 17.0. The van der Waals surface area contributed by atoms with Crippen molar-refractivity contribution in [1.29, 1.82) is 0 Å². The number of nitrogen functional groups attached to an aromatic ring is 1. The number of anilines is 1. The molecular weight excluding hydrogens is 381 g/mol. The van der Waals surface area contributed by atoms with Crippen LogP contribution in [0, 0.1) is 0 Å². The molecule has 0 fully saturated rings. The molecule has 2 heterocycles. The number of para-hydroxylation sites is 1. The maximum Gasteiger partial charge on any atom is 0.404 e. The van der Waals surface area contributed by atoms with E-state index in [1.807, 2.05) is 17.6 Å². The molecule has 0 saturated carbocycles. The van der Waals surface area contributed by atoms with Crippen LogP contribution in [0.15, 0.2) is 43.0 Å². The third kappa shape index (κ3) is 5.07. The molecule has 0 radical (unpaired) electrons. The van der Waals surface area contributed by atoms with E-state index < -0.39 is 7.60 Å². The van der Waals surface area contributed by atoms with E-state index in [1.165, 1.54) is 6.33 Å². The van der Waals surface area contributed by atoms with Gasteiger partial charge in [-0.3, -0.25) is 4.52 Å². The lowest BCUT2D eigenvalue weighted by molar-refractivity contribution is 0.0689. The van der Waals surface area contributed by atoms with Crippen molar-refractivity contribution in [3.8, 4) is 5.75 Å². The molecule has 2 N–H and O–H groups in total. The number of rotatable bonds is 9. The van der Waals surface area contributed by atoms with Crippen LogP contribution < -0.4 is 10.3 Å². The van der Waals surface area contributed by atoms with Crippen LogP contribution >= 0.6 is 7.60 Å². The van der Waals surface area contributed by atoms with Gasteiger partial charge in [-0.15, -0.1) is 0 Å². The summed E-state index contributed by atoms with van der Waals surface area (Å²) in [5.74, 6) is 0.791. The Kier molecular flexibility index (Phi) is 6.28. The van der Waals surface area contributed by atoms with Crippen molar-refractivity contribution in [3.05, 3.63) is 43.0 Å². The molecule has 0 amide bonds. The van der Waals surface area contributed by atoms with Gasteiger partial charge in [-0.25, -0.2) is 19.5 Å². The molecule has 1 aromatic carbocycles. The molecule has 28 heavy (non-hydrogen) atoms. The number of hydrogen-bond donors (Lipinski definition) is 1. The molecule has 0 unspecified atom stereocenters. The van der Waals surface area contributed by atoms with E-state index in [2.05, 4.69) is 15.0 Å². The fourth-order valence-electron chi connectivity index (χ4n) is 2.62. The molecule has 0 aliphatic heterocycles. The van der Waals surface area contributed by atoms with Gasteiger partial charge in [-0.05, 0) is 32.9 Å². The van der Waals surface area contributed by atoms with E-state index in [-0.39, 0.29) is 18.6 Å². The number of aromatic nitrogens is 4. The highest BCUT2D eigenvalue weighted by atomic mass is 31.2. The summed E-state index contributed by atoms with van der Waals surface area (Å²) in [6.45, 7) is 5.90. The quantitative estimate of drug-likeness (QED) is 0.538. The van der Waals surface area contributed by atoms with Crippen molar-refractivity contribution in [2.24, 2.45) is 0 Å². The van der Waals surface area contributed by atoms with Gasteiger partial charge in [0.25, 0.3) is 0 Å². The number of hydrogen-bond acceptors (Lipinski definition) is 8. The van der Waals surface area contributed by atoms with E-state index >= 15 is 0 Å². The van der Waals surface area contributed by atoms with Crippen molar-refractivity contribution in [3.63, 3.8) is 0 Å². The van der Waals surface area contributed by atoms with Crippen LogP contribution in [0.2, 0.25) is 0 Å². The Balaban J connectivity index is 1.66. The Labute approximate surface area is 163 Å². The van der Waals surface area contributed by atoms with Crippen LogP contribution in [0.4, 0.5) is 5.82 Å². The fraction of sp³-hybridized carbons (Fsp3) is 0.389. The van der Waals surface area contributed by atoms with Gasteiger partial charge < -0.3 is 19.6 Å². The van der Waals surface area contributed by atoms with Crippen LogP contribution in [0.25, 0.3) is 11.2 Å². The number of nitrogens with two attached hydrogens (primary N) is 1. The SMILES string of the molecule is CC(C)O[P@@](=O)(CO[C@H](C)Cn1cnc2c(N)ncnc21)Oc1ccccc1. The van der Waals surface area contributed by atoms with E-state index in [4.69, 9.17) is 19.5 Å². The van der Waals surface area contributed by atoms with Gasteiger partial charge in [0.05, 0.1) is 25.1 Å². The lowest BCUT2D eigenvalue weighted by atomic mass is 10.3. The van der Waals surface area contributed by atoms with Crippen molar-refractivity contribution < 1.29 is 18.3 Å². The Morgan fingerprint density at radius 2 is 1.89 bits per heavy atom. The van der Waals surface area contributed by atoms with Gasteiger partial charge in [0.15, 0.2) is 17.8 Å². The molecule has 150 valence electrons. The molecule has 3 aromatic rings. The third-order valence-electron chi connectivity index (χ3n) is 3.76. The van der Waals surface area contributed by atoms with Crippen molar-refractivity contribution in [2.45, 2.75) is 39.5 Å². The highest BCUT2D eigenvalue weighted by Crippen LogP contribution is 2.49. The van der Waals surface area contributed by atoms with Crippen molar-refractivity contribution in [1.82, 2.24) is 19.5 Å². The zero-order chi connectivity index (χ0) is 20.1. The van der Waals surface area contributed by atoms with Crippen LogP contribution in [-0.4, -0.2) is 38.1 Å². The minimum absolute atomic E-state index is 0.176. The molecule has 2 aromatic heterocycles. The second kappa shape index (κ2) is 8.68.